The zero-order valence-electron chi connectivity index (χ0n) is 14.0. The number of nitrogens with one attached hydrogen (secondary N) is 1. The predicted molar refractivity (Wildman–Crippen MR) is 99.1 cm³/mol. The van der Waals surface area contributed by atoms with Crippen molar-refractivity contribution in [3.05, 3.63) is 76.5 Å². The third kappa shape index (κ3) is 2.47. The van der Waals surface area contributed by atoms with Gasteiger partial charge in [0.25, 0.3) is 5.56 Å². The fourth-order valence-corrected chi connectivity index (χ4v) is 3.50. The molecule has 5 rings (SSSR count). The van der Waals surface area contributed by atoms with Gasteiger partial charge in [-0.3, -0.25) is 14.8 Å². The van der Waals surface area contributed by atoms with Gasteiger partial charge in [0, 0.05) is 41.5 Å². The molecule has 1 aromatic carbocycles. The molecule has 0 radical (unpaired) electrons. The molecule has 0 atom stereocenters. The summed E-state index contributed by atoms with van der Waals surface area (Å²) in [6.07, 6.45) is 4.24. The van der Waals surface area contributed by atoms with Gasteiger partial charge in [-0.2, -0.15) is 0 Å². The van der Waals surface area contributed by atoms with Gasteiger partial charge in [0.15, 0.2) is 0 Å². The van der Waals surface area contributed by atoms with Crippen LogP contribution in [0.4, 0.5) is 5.95 Å². The van der Waals surface area contributed by atoms with E-state index in [1.807, 2.05) is 30.3 Å². The van der Waals surface area contributed by atoms with Crippen LogP contribution in [0.5, 0.6) is 0 Å². The van der Waals surface area contributed by atoms with Crippen LogP contribution < -0.4 is 10.5 Å². The van der Waals surface area contributed by atoms with Gasteiger partial charge >= 0.3 is 0 Å². The third-order valence-corrected chi connectivity index (χ3v) is 4.75. The number of hydrogen-bond donors (Lipinski definition) is 1. The highest BCUT2D eigenvalue weighted by molar-refractivity contribution is 5.82. The molecule has 1 N–H and O–H groups in total. The molecule has 0 bridgehead atoms. The van der Waals surface area contributed by atoms with E-state index in [1.54, 1.807) is 12.4 Å². The molecule has 0 fully saturated rings. The Labute approximate surface area is 149 Å². The van der Waals surface area contributed by atoms with Gasteiger partial charge in [-0.05, 0) is 24.6 Å². The minimum atomic E-state index is -0.169. The van der Waals surface area contributed by atoms with Crippen molar-refractivity contribution >= 4 is 16.9 Å². The van der Waals surface area contributed by atoms with Gasteiger partial charge in [-0.1, -0.05) is 18.2 Å². The van der Waals surface area contributed by atoms with E-state index in [2.05, 4.69) is 25.9 Å². The smallest absolute Gasteiger partial charge is 0.252 e. The first-order valence-corrected chi connectivity index (χ1v) is 8.54. The highest BCUT2D eigenvalue weighted by Crippen LogP contribution is 2.31. The molecule has 6 nitrogen and oxygen atoms in total. The Morgan fingerprint density at radius 1 is 1.12 bits per heavy atom. The van der Waals surface area contributed by atoms with Crippen LogP contribution in [-0.2, 0) is 13.0 Å². The largest absolute Gasteiger partial charge is 0.459 e. The summed E-state index contributed by atoms with van der Waals surface area (Å²) >= 11 is 0. The molecule has 0 saturated heterocycles. The van der Waals surface area contributed by atoms with E-state index in [0.29, 0.717) is 18.2 Å². The summed E-state index contributed by atoms with van der Waals surface area (Å²) in [6, 6.07) is 13.3. The summed E-state index contributed by atoms with van der Waals surface area (Å²) in [5.41, 5.74) is 3.50. The number of para-hydroxylation sites is 1. The molecule has 1 aliphatic rings. The van der Waals surface area contributed by atoms with E-state index < -0.39 is 0 Å². The van der Waals surface area contributed by atoms with Crippen molar-refractivity contribution in [2.45, 2.75) is 13.0 Å². The average Bonchev–Trinajstić information content (AvgIpc) is 3.06. The number of aromatic amines is 1. The number of pyridine rings is 1. The van der Waals surface area contributed by atoms with Gasteiger partial charge in [-0.25, -0.2) is 4.98 Å². The lowest BCUT2D eigenvalue weighted by Gasteiger charge is -2.26. The van der Waals surface area contributed by atoms with Crippen molar-refractivity contribution < 1.29 is 4.42 Å². The molecule has 26 heavy (non-hydrogen) atoms. The van der Waals surface area contributed by atoms with Gasteiger partial charge < -0.3 is 9.32 Å². The summed E-state index contributed by atoms with van der Waals surface area (Å²) in [4.78, 5) is 25.7. The van der Waals surface area contributed by atoms with Crippen LogP contribution in [0.25, 0.3) is 22.2 Å². The average molecular weight is 344 g/mol. The maximum absolute atomic E-state index is 12.2. The quantitative estimate of drug-likeness (QED) is 0.605. The van der Waals surface area contributed by atoms with Crippen LogP contribution in [0.2, 0.25) is 0 Å². The molecule has 6 heteroatoms. The van der Waals surface area contributed by atoms with Crippen LogP contribution >= 0.6 is 0 Å². The molecule has 0 amide bonds. The number of furan rings is 1. The number of nitrogens with zero attached hydrogens (tertiary/aromatic N) is 3. The number of rotatable bonds is 2. The summed E-state index contributed by atoms with van der Waals surface area (Å²) in [6.45, 7) is 1.37. The summed E-state index contributed by atoms with van der Waals surface area (Å²) in [7, 11) is 0. The first-order valence-electron chi connectivity index (χ1n) is 8.54. The Morgan fingerprint density at radius 3 is 2.85 bits per heavy atom. The fourth-order valence-electron chi connectivity index (χ4n) is 3.50. The topological polar surface area (TPSA) is 75.0 Å². The Hall–Kier alpha value is -3.41. The molecule has 4 aromatic rings. The monoisotopic (exact) mass is 344 g/mol. The number of anilines is 1. The van der Waals surface area contributed by atoms with Crippen molar-refractivity contribution in [1.29, 1.82) is 0 Å². The molecule has 1 aliphatic heterocycles. The lowest BCUT2D eigenvalue weighted by Crippen LogP contribution is -2.32. The SMILES string of the molecule is O=c1cc(-c2ccncc2)nc(N2CCc3c(oc4ccccc34)C2)[nH]1. The van der Waals surface area contributed by atoms with Crippen molar-refractivity contribution in [3.8, 4) is 11.3 Å². The number of hydrogen-bond acceptors (Lipinski definition) is 5. The lowest BCUT2D eigenvalue weighted by molar-refractivity contribution is 0.513. The van der Waals surface area contributed by atoms with Gasteiger partial charge in [0.2, 0.25) is 5.95 Å². The molecular formula is C20H16N4O2. The third-order valence-electron chi connectivity index (χ3n) is 4.75. The van der Waals surface area contributed by atoms with Crippen molar-refractivity contribution in [2.24, 2.45) is 0 Å². The lowest BCUT2D eigenvalue weighted by atomic mass is 10.0. The molecular weight excluding hydrogens is 328 g/mol. The Balaban J connectivity index is 1.53. The van der Waals surface area contributed by atoms with Crippen molar-refractivity contribution in [3.63, 3.8) is 0 Å². The number of fused-ring (bicyclic) bond motifs is 3. The van der Waals surface area contributed by atoms with Crippen LogP contribution in [-0.4, -0.2) is 21.5 Å². The van der Waals surface area contributed by atoms with Crippen LogP contribution in [0, 0.1) is 0 Å². The fraction of sp³-hybridized carbons (Fsp3) is 0.150. The Bertz CT molecular complexity index is 1150. The zero-order valence-corrected chi connectivity index (χ0v) is 14.0. The maximum atomic E-state index is 12.2. The highest BCUT2D eigenvalue weighted by atomic mass is 16.3. The van der Waals surface area contributed by atoms with Gasteiger partial charge in [0.05, 0.1) is 12.2 Å². The Kier molecular flexibility index (Phi) is 3.35. The van der Waals surface area contributed by atoms with Gasteiger partial charge in [-0.15, -0.1) is 0 Å². The molecule has 3 aromatic heterocycles. The maximum Gasteiger partial charge on any atom is 0.252 e. The first-order chi connectivity index (χ1) is 12.8. The number of H-pyrrole nitrogens is 1. The van der Waals surface area contributed by atoms with E-state index in [9.17, 15) is 4.79 Å². The second-order valence-corrected chi connectivity index (χ2v) is 6.36. The van der Waals surface area contributed by atoms with E-state index in [1.165, 1.54) is 17.0 Å². The van der Waals surface area contributed by atoms with E-state index in [-0.39, 0.29) is 5.56 Å². The van der Waals surface area contributed by atoms with Crippen LogP contribution in [0.3, 0.4) is 0 Å². The first kappa shape index (κ1) is 14.9. The molecule has 4 heterocycles. The summed E-state index contributed by atoms with van der Waals surface area (Å²) in [5, 5.41) is 1.18. The predicted octanol–water partition coefficient (Wildman–Crippen LogP) is 3.14. The summed E-state index contributed by atoms with van der Waals surface area (Å²) in [5.74, 6) is 1.50. The molecule has 0 aliphatic carbocycles. The van der Waals surface area contributed by atoms with E-state index >= 15 is 0 Å². The second-order valence-electron chi connectivity index (χ2n) is 6.36. The molecule has 128 valence electrons. The van der Waals surface area contributed by atoms with E-state index in [4.69, 9.17) is 4.42 Å². The normalized spacial score (nSPS) is 13.8. The summed E-state index contributed by atoms with van der Waals surface area (Å²) < 4.78 is 6.02. The van der Waals surface area contributed by atoms with Crippen LogP contribution in [0.15, 0.2) is 64.1 Å². The number of aromatic nitrogens is 3. The van der Waals surface area contributed by atoms with Crippen LogP contribution in [0.1, 0.15) is 11.3 Å². The standard InChI is InChI=1S/C20H16N4O2/c25-19-11-16(13-5-8-21-9-6-13)22-20(23-19)24-10-7-15-14-3-1-2-4-17(14)26-18(15)12-24/h1-6,8-9,11H,7,10,12H2,(H,22,23,25). The molecule has 0 saturated carbocycles. The Morgan fingerprint density at radius 2 is 1.96 bits per heavy atom. The van der Waals surface area contributed by atoms with Crippen molar-refractivity contribution in [2.75, 3.05) is 11.4 Å². The van der Waals surface area contributed by atoms with Gasteiger partial charge in [0.1, 0.15) is 11.3 Å². The second kappa shape index (κ2) is 5.84. The number of benzene rings is 1. The highest BCUT2D eigenvalue weighted by Gasteiger charge is 2.24. The molecule has 0 unspecified atom stereocenters. The zero-order chi connectivity index (χ0) is 17.5. The molecule has 0 spiro atoms. The minimum Gasteiger partial charge on any atom is -0.459 e. The minimum absolute atomic E-state index is 0.169. The van der Waals surface area contributed by atoms with E-state index in [0.717, 1.165) is 29.9 Å². The van der Waals surface area contributed by atoms with Crippen molar-refractivity contribution in [1.82, 2.24) is 15.0 Å².